The number of ether oxygens (including phenoxy) is 1. The van der Waals surface area contributed by atoms with Gasteiger partial charge in [-0.15, -0.1) is 24.0 Å². The summed E-state index contributed by atoms with van der Waals surface area (Å²) in [5.74, 6) is -1.32. The molecule has 0 aliphatic carbocycles. The predicted molar refractivity (Wildman–Crippen MR) is 108 cm³/mol. The molecule has 9 heteroatoms. The van der Waals surface area contributed by atoms with Crippen molar-refractivity contribution in [3.05, 3.63) is 35.4 Å². The molecule has 4 N–H and O–H groups in total. The van der Waals surface area contributed by atoms with Gasteiger partial charge in [-0.05, 0) is 26.0 Å². The van der Waals surface area contributed by atoms with E-state index in [1.54, 1.807) is 0 Å². The van der Waals surface area contributed by atoms with Gasteiger partial charge in [0.05, 0.1) is 19.8 Å². The highest BCUT2D eigenvalue weighted by Gasteiger charge is 2.26. The van der Waals surface area contributed by atoms with Gasteiger partial charge >= 0.3 is 0 Å². The van der Waals surface area contributed by atoms with Gasteiger partial charge < -0.3 is 20.9 Å². The molecule has 1 saturated heterocycles. The molecule has 1 unspecified atom stereocenters. The Labute approximate surface area is 169 Å². The number of rotatable bonds is 7. The minimum atomic E-state index is -1.57. The average molecular weight is 484 g/mol. The smallest absolute Gasteiger partial charge is 0.188 e. The SMILES string of the molecule is CC(O)(CN=C(N)NCCCN1CCOCC1)c1ccc(F)cc1F.I. The van der Waals surface area contributed by atoms with Crippen molar-refractivity contribution in [2.75, 3.05) is 45.9 Å². The van der Waals surface area contributed by atoms with Crippen LogP contribution in [0.1, 0.15) is 18.9 Å². The van der Waals surface area contributed by atoms with Gasteiger partial charge in [-0.3, -0.25) is 9.89 Å². The van der Waals surface area contributed by atoms with Crippen molar-refractivity contribution in [2.24, 2.45) is 10.7 Å². The highest BCUT2D eigenvalue weighted by Crippen LogP contribution is 2.24. The molecule has 0 amide bonds. The Morgan fingerprint density at radius 3 is 2.73 bits per heavy atom. The lowest BCUT2D eigenvalue weighted by Crippen LogP contribution is -2.39. The molecular weight excluding hydrogens is 457 g/mol. The van der Waals surface area contributed by atoms with Crippen LogP contribution in [0.3, 0.4) is 0 Å². The zero-order valence-corrected chi connectivity index (χ0v) is 17.2. The molecule has 1 atom stereocenters. The zero-order valence-electron chi connectivity index (χ0n) is 14.9. The predicted octanol–water partition coefficient (Wildman–Crippen LogP) is 1.42. The monoisotopic (exact) mass is 484 g/mol. The fourth-order valence-electron chi connectivity index (χ4n) is 2.65. The van der Waals surface area contributed by atoms with Crippen LogP contribution in [0.4, 0.5) is 8.78 Å². The maximum atomic E-state index is 13.8. The molecule has 0 aromatic heterocycles. The maximum absolute atomic E-state index is 13.8. The van der Waals surface area contributed by atoms with E-state index in [0.717, 1.165) is 51.4 Å². The molecule has 26 heavy (non-hydrogen) atoms. The van der Waals surface area contributed by atoms with Crippen LogP contribution in [0.25, 0.3) is 0 Å². The van der Waals surface area contributed by atoms with Crippen LogP contribution in [-0.2, 0) is 10.3 Å². The van der Waals surface area contributed by atoms with Gasteiger partial charge in [-0.2, -0.15) is 0 Å². The van der Waals surface area contributed by atoms with E-state index in [4.69, 9.17) is 10.5 Å². The van der Waals surface area contributed by atoms with Crippen molar-refractivity contribution in [1.82, 2.24) is 10.2 Å². The van der Waals surface area contributed by atoms with Crippen LogP contribution in [0.15, 0.2) is 23.2 Å². The van der Waals surface area contributed by atoms with Gasteiger partial charge in [0.2, 0.25) is 0 Å². The molecule has 1 aliphatic heterocycles. The third kappa shape index (κ3) is 7.29. The maximum Gasteiger partial charge on any atom is 0.188 e. The summed E-state index contributed by atoms with van der Waals surface area (Å²) in [6, 6.07) is 3.05. The number of hydrogen-bond donors (Lipinski definition) is 3. The van der Waals surface area contributed by atoms with Crippen LogP contribution in [0.2, 0.25) is 0 Å². The van der Waals surface area contributed by atoms with Gasteiger partial charge in [-0.25, -0.2) is 8.78 Å². The minimum absolute atomic E-state index is 0. The first-order valence-electron chi connectivity index (χ1n) is 8.40. The summed E-state index contributed by atoms with van der Waals surface area (Å²) in [5, 5.41) is 13.4. The molecule has 0 saturated carbocycles. The van der Waals surface area contributed by atoms with E-state index in [9.17, 15) is 13.9 Å². The summed E-state index contributed by atoms with van der Waals surface area (Å²) in [6.45, 7) is 6.31. The Morgan fingerprint density at radius 1 is 1.38 bits per heavy atom. The fourth-order valence-corrected chi connectivity index (χ4v) is 2.65. The van der Waals surface area contributed by atoms with E-state index in [1.165, 1.54) is 13.0 Å². The van der Waals surface area contributed by atoms with Gasteiger partial charge in [0.25, 0.3) is 0 Å². The lowest BCUT2D eigenvalue weighted by molar-refractivity contribution is 0.0376. The second-order valence-corrected chi connectivity index (χ2v) is 6.33. The number of halogens is 3. The molecule has 6 nitrogen and oxygen atoms in total. The second-order valence-electron chi connectivity index (χ2n) is 6.33. The van der Waals surface area contributed by atoms with E-state index < -0.39 is 17.2 Å². The van der Waals surface area contributed by atoms with Gasteiger partial charge in [0.15, 0.2) is 5.96 Å². The number of morpholine rings is 1. The minimum Gasteiger partial charge on any atom is -0.383 e. The third-order valence-electron chi connectivity index (χ3n) is 4.13. The lowest BCUT2D eigenvalue weighted by Gasteiger charge is -2.26. The highest BCUT2D eigenvalue weighted by atomic mass is 127. The Balaban J connectivity index is 0.00000338. The molecule has 148 valence electrons. The molecule has 1 heterocycles. The molecule has 1 aromatic carbocycles. The van der Waals surface area contributed by atoms with Gasteiger partial charge in [0, 0.05) is 31.3 Å². The van der Waals surface area contributed by atoms with Crippen molar-refractivity contribution >= 4 is 29.9 Å². The summed E-state index contributed by atoms with van der Waals surface area (Å²) < 4.78 is 32.0. The van der Waals surface area contributed by atoms with Crippen LogP contribution < -0.4 is 11.1 Å². The van der Waals surface area contributed by atoms with Crippen LogP contribution in [-0.4, -0.2) is 61.9 Å². The molecule has 1 fully saturated rings. The number of benzene rings is 1. The number of nitrogens with one attached hydrogen (secondary N) is 1. The summed E-state index contributed by atoms with van der Waals surface area (Å²) in [7, 11) is 0. The number of nitrogens with two attached hydrogens (primary N) is 1. The van der Waals surface area contributed by atoms with Crippen LogP contribution >= 0.6 is 24.0 Å². The highest BCUT2D eigenvalue weighted by molar-refractivity contribution is 14.0. The van der Waals surface area contributed by atoms with E-state index >= 15 is 0 Å². The largest absolute Gasteiger partial charge is 0.383 e. The zero-order chi connectivity index (χ0) is 18.3. The van der Waals surface area contributed by atoms with E-state index in [1.807, 2.05) is 0 Å². The quantitative estimate of drug-likeness (QED) is 0.236. The summed E-state index contributed by atoms with van der Waals surface area (Å²) in [5.41, 5.74) is 4.19. The first-order chi connectivity index (χ1) is 11.9. The van der Waals surface area contributed by atoms with Crippen molar-refractivity contribution < 1.29 is 18.6 Å². The molecule has 1 aliphatic rings. The van der Waals surface area contributed by atoms with Gasteiger partial charge in [-0.1, -0.05) is 6.07 Å². The summed E-state index contributed by atoms with van der Waals surface area (Å²) >= 11 is 0. The fraction of sp³-hybridized carbons (Fsp3) is 0.588. The summed E-state index contributed by atoms with van der Waals surface area (Å²) in [6.07, 6.45) is 0.902. The third-order valence-corrected chi connectivity index (χ3v) is 4.13. The Morgan fingerprint density at radius 2 is 2.08 bits per heavy atom. The van der Waals surface area contributed by atoms with Crippen LogP contribution in [0.5, 0.6) is 0 Å². The van der Waals surface area contributed by atoms with Crippen molar-refractivity contribution in [2.45, 2.75) is 18.9 Å². The van der Waals surface area contributed by atoms with E-state index in [2.05, 4.69) is 15.2 Å². The van der Waals surface area contributed by atoms with E-state index in [0.29, 0.717) is 6.54 Å². The first-order valence-corrected chi connectivity index (χ1v) is 8.40. The number of nitrogens with zero attached hydrogens (tertiary/aromatic N) is 2. The number of aliphatic hydroxyl groups is 1. The average Bonchev–Trinajstić information content (AvgIpc) is 2.57. The molecule has 0 spiro atoms. The molecule has 0 radical (unpaired) electrons. The molecular formula is C17H27F2IN4O2. The normalized spacial score (nSPS) is 18.1. The van der Waals surface area contributed by atoms with E-state index in [-0.39, 0.29) is 42.0 Å². The number of hydrogen-bond acceptors (Lipinski definition) is 4. The lowest BCUT2D eigenvalue weighted by atomic mass is 9.95. The second kappa shape index (κ2) is 11.0. The Hall–Kier alpha value is -1.04. The topological polar surface area (TPSA) is 83.1 Å². The first kappa shape index (κ1) is 23.0. The van der Waals surface area contributed by atoms with Crippen molar-refractivity contribution in [3.63, 3.8) is 0 Å². The number of aliphatic imine (C=N–C) groups is 1. The van der Waals surface area contributed by atoms with Crippen molar-refractivity contribution in [1.29, 1.82) is 0 Å². The number of guanidine groups is 1. The molecule has 0 bridgehead atoms. The van der Waals surface area contributed by atoms with Crippen LogP contribution in [0, 0.1) is 11.6 Å². The van der Waals surface area contributed by atoms with Crippen molar-refractivity contribution in [3.8, 4) is 0 Å². The molecule has 1 aromatic rings. The Kier molecular flexibility index (Phi) is 9.69. The van der Waals surface area contributed by atoms with Gasteiger partial charge in [0.1, 0.15) is 17.2 Å². The Bertz CT molecular complexity index is 596. The summed E-state index contributed by atoms with van der Waals surface area (Å²) in [4.78, 5) is 6.38. The molecule has 2 rings (SSSR count). The standard InChI is InChI=1S/C17H26F2N4O2.HI/c1-17(24,14-4-3-13(18)11-15(14)19)12-22-16(20)21-5-2-6-23-7-9-25-10-8-23;/h3-4,11,24H,2,5-10,12H2,1H3,(H3,20,21,22);1H.